The highest BCUT2D eigenvalue weighted by atomic mass is 16.2. The highest BCUT2D eigenvalue weighted by Gasteiger charge is 2.22. The van der Waals surface area contributed by atoms with E-state index in [-0.39, 0.29) is 5.91 Å². The fourth-order valence-electron chi connectivity index (χ4n) is 3.96. The molecule has 0 bridgehead atoms. The summed E-state index contributed by atoms with van der Waals surface area (Å²) < 4.78 is 2.03. The molecule has 0 aliphatic heterocycles. The molecule has 0 saturated heterocycles. The maximum absolute atomic E-state index is 13.2. The summed E-state index contributed by atoms with van der Waals surface area (Å²) in [7, 11) is 0. The van der Waals surface area contributed by atoms with E-state index < -0.39 is 6.04 Å². The molecule has 1 atom stereocenters. The number of carbonyl (C=O) groups excluding carboxylic acids is 1. The second-order valence-corrected chi connectivity index (χ2v) is 8.37. The van der Waals surface area contributed by atoms with Gasteiger partial charge in [-0.3, -0.25) is 14.8 Å². The van der Waals surface area contributed by atoms with Crippen molar-refractivity contribution >= 4 is 11.6 Å². The first-order valence-corrected chi connectivity index (χ1v) is 11.2. The Labute approximate surface area is 195 Å². The van der Waals surface area contributed by atoms with Gasteiger partial charge in [0.15, 0.2) is 0 Å². The van der Waals surface area contributed by atoms with Crippen LogP contribution in [0.25, 0.3) is 0 Å². The van der Waals surface area contributed by atoms with Crippen LogP contribution in [0.4, 0.5) is 5.69 Å². The summed E-state index contributed by atoms with van der Waals surface area (Å²) in [5.74, 6) is -0.0861. The zero-order chi connectivity index (χ0) is 23.2. The van der Waals surface area contributed by atoms with Gasteiger partial charge in [-0.1, -0.05) is 78.4 Å². The quantitative estimate of drug-likeness (QED) is 0.391. The third-order valence-electron chi connectivity index (χ3n) is 5.90. The highest BCUT2D eigenvalue weighted by molar-refractivity contribution is 5.95. The number of amides is 1. The molecule has 4 rings (SSSR count). The average Bonchev–Trinajstić information content (AvgIpc) is 3.09. The Balaban J connectivity index is 1.52. The van der Waals surface area contributed by atoms with Crippen LogP contribution in [0, 0.1) is 20.8 Å². The Bertz CT molecular complexity index is 1200. The molecule has 5 heteroatoms. The molecule has 0 radical (unpaired) electrons. The van der Waals surface area contributed by atoms with Crippen LogP contribution < -0.4 is 10.6 Å². The molecule has 0 saturated carbocycles. The minimum absolute atomic E-state index is 0.0861. The fourth-order valence-corrected chi connectivity index (χ4v) is 3.96. The minimum Gasteiger partial charge on any atom is -0.324 e. The number of benzene rings is 3. The van der Waals surface area contributed by atoms with Crippen molar-refractivity contribution in [2.75, 3.05) is 5.32 Å². The Hall–Kier alpha value is -3.70. The van der Waals surface area contributed by atoms with E-state index in [1.165, 1.54) is 5.56 Å². The molecular formula is C28H30N4O. The molecule has 1 heterocycles. The van der Waals surface area contributed by atoms with Gasteiger partial charge in [0.05, 0.1) is 12.2 Å². The molecule has 5 nitrogen and oxygen atoms in total. The smallest absolute Gasteiger partial charge is 0.246 e. The van der Waals surface area contributed by atoms with E-state index in [1.54, 1.807) is 0 Å². The first-order chi connectivity index (χ1) is 16.0. The van der Waals surface area contributed by atoms with Crippen molar-refractivity contribution in [1.29, 1.82) is 0 Å². The van der Waals surface area contributed by atoms with Crippen LogP contribution in [0.15, 0.2) is 84.9 Å². The summed E-state index contributed by atoms with van der Waals surface area (Å²) in [5, 5.41) is 11.3. The van der Waals surface area contributed by atoms with E-state index in [0.29, 0.717) is 6.54 Å². The van der Waals surface area contributed by atoms with Gasteiger partial charge in [-0.05, 0) is 44.0 Å². The monoisotopic (exact) mass is 438 g/mol. The van der Waals surface area contributed by atoms with E-state index in [4.69, 9.17) is 5.10 Å². The number of hydrogen-bond donors (Lipinski definition) is 2. The predicted octanol–water partition coefficient (Wildman–Crippen LogP) is 5.33. The maximum Gasteiger partial charge on any atom is 0.246 e. The zero-order valence-electron chi connectivity index (χ0n) is 19.4. The van der Waals surface area contributed by atoms with Crippen LogP contribution in [0.3, 0.4) is 0 Å². The zero-order valence-corrected chi connectivity index (χ0v) is 19.4. The van der Waals surface area contributed by atoms with Crippen molar-refractivity contribution in [3.63, 3.8) is 0 Å². The summed E-state index contributed by atoms with van der Waals surface area (Å²) in [4.78, 5) is 13.2. The molecule has 0 fully saturated rings. The topological polar surface area (TPSA) is 59.0 Å². The van der Waals surface area contributed by atoms with Crippen LogP contribution in [0.1, 0.15) is 39.7 Å². The van der Waals surface area contributed by atoms with Crippen molar-refractivity contribution in [2.45, 2.75) is 39.9 Å². The summed E-state index contributed by atoms with van der Waals surface area (Å²) in [6.45, 7) is 7.42. The molecular weight excluding hydrogens is 408 g/mol. The Morgan fingerprint density at radius 2 is 1.52 bits per heavy atom. The van der Waals surface area contributed by atoms with Gasteiger partial charge >= 0.3 is 0 Å². The summed E-state index contributed by atoms with van der Waals surface area (Å²) in [6, 6.07) is 27.5. The lowest BCUT2D eigenvalue weighted by molar-refractivity contribution is -0.118. The predicted molar refractivity (Wildman–Crippen MR) is 133 cm³/mol. The first-order valence-electron chi connectivity index (χ1n) is 11.2. The van der Waals surface area contributed by atoms with Crippen LogP contribution in [-0.4, -0.2) is 15.7 Å². The molecule has 0 aliphatic rings. The van der Waals surface area contributed by atoms with Gasteiger partial charge in [-0.15, -0.1) is 0 Å². The Kier molecular flexibility index (Phi) is 7.01. The normalized spacial score (nSPS) is 11.8. The Morgan fingerprint density at radius 3 is 2.18 bits per heavy atom. The van der Waals surface area contributed by atoms with Crippen LogP contribution >= 0.6 is 0 Å². The van der Waals surface area contributed by atoms with E-state index in [1.807, 2.05) is 91.3 Å². The number of nitrogens with zero attached hydrogens (tertiary/aromatic N) is 2. The summed E-state index contributed by atoms with van der Waals surface area (Å²) in [5.41, 5.74) is 7.28. The van der Waals surface area contributed by atoms with Gasteiger partial charge in [-0.2, -0.15) is 5.10 Å². The number of nitrogens with one attached hydrogen (secondary N) is 2. The molecule has 1 aromatic heterocycles. The largest absolute Gasteiger partial charge is 0.324 e. The van der Waals surface area contributed by atoms with Crippen LogP contribution in [-0.2, 0) is 17.9 Å². The third kappa shape index (κ3) is 5.57. The third-order valence-corrected chi connectivity index (χ3v) is 5.90. The van der Waals surface area contributed by atoms with Gasteiger partial charge in [-0.25, -0.2) is 0 Å². The molecule has 0 aliphatic carbocycles. The number of aryl methyl sites for hydroxylation is 2. The molecule has 4 aromatic rings. The fraction of sp³-hybridized carbons (Fsp3) is 0.214. The number of hydrogen-bond acceptors (Lipinski definition) is 3. The molecule has 1 unspecified atom stereocenters. The van der Waals surface area contributed by atoms with Gasteiger partial charge in [0, 0.05) is 23.5 Å². The number of carbonyl (C=O) groups is 1. The number of aromatic nitrogens is 2. The average molecular weight is 439 g/mol. The van der Waals surface area contributed by atoms with Crippen molar-refractivity contribution in [2.24, 2.45) is 0 Å². The van der Waals surface area contributed by atoms with Gasteiger partial charge < -0.3 is 5.32 Å². The van der Waals surface area contributed by atoms with E-state index >= 15 is 0 Å². The second-order valence-electron chi connectivity index (χ2n) is 8.37. The van der Waals surface area contributed by atoms with Gasteiger partial charge in [0.1, 0.15) is 6.04 Å². The van der Waals surface area contributed by atoms with E-state index in [9.17, 15) is 4.79 Å². The molecule has 0 spiro atoms. The molecule has 168 valence electrons. The molecule has 3 aromatic carbocycles. The lowest BCUT2D eigenvalue weighted by Crippen LogP contribution is -2.33. The lowest BCUT2D eigenvalue weighted by Gasteiger charge is -2.19. The first kappa shape index (κ1) is 22.5. The molecule has 33 heavy (non-hydrogen) atoms. The SMILES string of the molecule is Cc1ccc(NC(=O)C(NCc2c(C)nn(Cc3ccccc3)c2C)c2ccccc2)cc1. The van der Waals surface area contributed by atoms with Crippen molar-refractivity contribution < 1.29 is 4.79 Å². The van der Waals surface area contributed by atoms with E-state index in [0.717, 1.165) is 40.3 Å². The van der Waals surface area contributed by atoms with Gasteiger partial charge in [0.25, 0.3) is 0 Å². The second kappa shape index (κ2) is 10.3. The van der Waals surface area contributed by atoms with E-state index in [2.05, 4.69) is 29.7 Å². The number of anilines is 1. The van der Waals surface area contributed by atoms with Crippen molar-refractivity contribution in [1.82, 2.24) is 15.1 Å². The number of rotatable bonds is 8. The van der Waals surface area contributed by atoms with Crippen molar-refractivity contribution in [3.8, 4) is 0 Å². The summed E-state index contributed by atoms with van der Waals surface area (Å²) in [6.07, 6.45) is 0. The van der Waals surface area contributed by atoms with Gasteiger partial charge in [0.2, 0.25) is 5.91 Å². The van der Waals surface area contributed by atoms with Crippen LogP contribution in [0.2, 0.25) is 0 Å². The minimum atomic E-state index is -0.483. The molecule has 2 N–H and O–H groups in total. The Morgan fingerprint density at radius 1 is 0.879 bits per heavy atom. The molecule has 1 amide bonds. The summed E-state index contributed by atoms with van der Waals surface area (Å²) >= 11 is 0. The van der Waals surface area contributed by atoms with Crippen LogP contribution in [0.5, 0.6) is 0 Å². The maximum atomic E-state index is 13.2. The lowest BCUT2D eigenvalue weighted by atomic mass is 10.0. The highest BCUT2D eigenvalue weighted by Crippen LogP contribution is 2.20. The van der Waals surface area contributed by atoms with Crippen molar-refractivity contribution in [3.05, 3.63) is 119 Å². The standard InChI is InChI=1S/C28H30N4O/c1-20-14-16-25(17-15-20)30-28(33)27(24-12-8-5-9-13-24)29-18-26-21(2)31-32(22(26)3)19-23-10-6-4-7-11-23/h4-17,27,29H,18-19H2,1-3H3,(H,30,33).